The van der Waals surface area contributed by atoms with Gasteiger partial charge in [-0.25, -0.2) is 0 Å². The number of carbonyl (C=O) groups excluding carboxylic acids is 5. The van der Waals surface area contributed by atoms with Gasteiger partial charge in [-0.2, -0.15) is 0 Å². The molecular formula is C35H40N2O7. The Kier molecular flexibility index (Phi) is 8.24. The minimum absolute atomic E-state index is 0.0101. The molecule has 2 fully saturated rings. The van der Waals surface area contributed by atoms with Gasteiger partial charge in [0.1, 0.15) is 5.75 Å². The number of phenolic OH excluding ortho intramolecular Hbond substituents is 1. The maximum absolute atomic E-state index is 14.0. The van der Waals surface area contributed by atoms with Crippen molar-refractivity contribution in [3.63, 3.8) is 0 Å². The summed E-state index contributed by atoms with van der Waals surface area (Å²) in [5, 5.41) is 22.6. The molecular weight excluding hydrogens is 560 g/mol. The molecule has 3 aliphatic rings. The summed E-state index contributed by atoms with van der Waals surface area (Å²) >= 11 is 0. The number of fused-ring (bicyclic) bond motifs is 3. The monoisotopic (exact) mass is 600 g/mol. The van der Waals surface area contributed by atoms with E-state index in [1.165, 1.54) is 11.0 Å². The molecule has 0 bridgehead atoms. The lowest BCUT2D eigenvalue weighted by atomic mass is 9.52. The van der Waals surface area contributed by atoms with Crippen molar-refractivity contribution in [2.75, 3.05) is 14.1 Å². The van der Waals surface area contributed by atoms with Crippen molar-refractivity contribution in [3.05, 3.63) is 65.2 Å². The van der Waals surface area contributed by atoms with Gasteiger partial charge < -0.3 is 15.9 Å². The van der Waals surface area contributed by atoms with Crippen LogP contribution in [0.4, 0.5) is 0 Å². The highest BCUT2D eigenvalue weighted by Crippen LogP contribution is 2.51. The molecule has 44 heavy (non-hydrogen) atoms. The summed E-state index contributed by atoms with van der Waals surface area (Å²) < 4.78 is 0. The largest absolute Gasteiger partial charge is 0.507 e. The third-order valence-corrected chi connectivity index (χ3v) is 10.00. The quantitative estimate of drug-likeness (QED) is 0.309. The first-order chi connectivity index (χ1) is 20.7. The zero-order valence-electron chi connectivity index (χ0n) is 25.6. The lowest BCUT2D eigenvalue weighted by molar-refractivity contribution is -0.181. The number of benzene rings is 2. The molecule has 0 heterocycles. The first kappa shape index (κ1) is 31.5. The van der Waals surface area contributed by atoms with E-state index in [1.807, 2.05) is 24.3 Å². The van der Waals surface area contributed by atoms with E-state index in [0.29, 0.717) is 11.5 Å². The summed E-state index contributed by atoms with van der Waals surface area (Å²) in [6.45, 7) is 8.60. The molecule has 7 unspecified atom stereocenters. The number of allylic oxidation sites excluding steroid dienone is 1. The summed E-state index contributed by atoms with van der Waals surface area (Å²) in [6.07, 6.45) is 3.03. The number of aromatic hydroxyl groups is 1. The Bertz CT molecular complexity index is 1580. The van der Waals surface area contributed by atoms with E-state index in [2.05, 4.69) is 20.4 Å². The molecule has 2 aromatic rings. The molecule has 2 saturated carbocycles. The van der Waals surface area contributed by atoms with Crippen LogP contribution in [0.1, 0.15) is 54.6 Å². The highest BCUT2D eigenvalue weighted by molar-refractivity contribution is 6.32. The first-order valence-electron chi connectivity index (χ1n) is 15.2. The van der Waals surface area contributed by atoms with E-state index in [4.69, 9.17) is 5.73 Å². The Morgan fingerprint density at radius 3 is 2.34 bits per heavy atom. The van der Waals surface area contributed by atoms with Gasteiger partial charge in [-0.3, -0.25) is 28.9 Å². The molecule has 0 aliphatic heterocycles. The van der Waals surface area contributed by atoms with Gasteiger partial charge in [0.2, 0.25) is 5.91 Å². The second kappa shape index (κ2) is 11.5. The van der Waals surface area contributed by atoms with E-state index in [9.17, 15) is 34.2 Å². The van der Waals surface area contributed by atoms with E-state index >= 15 is 0 Å². The van der Waals surface area contributed by atoms with Crippen LogP contribution >= 0.6 is 0 Å². The molecule has 5 rings (SSSR count). The zero-order valence-corrected chi connectivity index (χ0v) is 25.6. The van der Waals surface area contributed by atoms with Crippen molar-refractivity contribution in [2.24, 2.45) is 35.3 Å². The molecule has 3 aliphatic carbocycles. The zero-order chi connectivity index (χ0) is 32.2. The summed E-state index contributed by atoms with van der Waals surface area (Å²) in [4.78, 5) is 68.4. The lowest BCUT2D eigenvalue weighted by Gasteiger charge is -2.52. The van der Waals surface area contributed by atoms with Gasteiger partial charge in [-0.1, -0.05) is 62.8 Å². The van der Waals surface area contributed by atoms with Gasteiger partial charge in [0.15, 0.2) is 34.7 Å². The second-order valence-electron chi connectivity index (χ2n) is 13.1. The van der Waals surface area contributed by atoms with E-state index in [0.717, 1.165) is 41.5 Å². The number of hydrogen-bond donors (Lipinski definition) is 3. The number of nitrogens with two attached hydrogens (primary N) is 1. The van der Waals surface area contributed by atoms with E-state index in [1.54, 1.807) is 20.2 Å². The Morgan fingerprint density at radius 2 is 1.75 bits per heavy atom. The van der Waals surface area contributed by atoms with Crippen LogP contribution in [0.3, 0.4) is 0 Å². The molecule has 9 nitrogen and oxygen atoms in total. The Balaban J connectivity index is 1.52. The number of hydrogen-bond acceptors (Lipinski definition) is 8. The normalized spacial score (nSPS) is 28.7. The highest BCUT2D eigenvalue weighted by Gasteiger charge is 2.69. The third kappa shape index (κ3) is 4.92. The van der Waals surface area contributed by atoms with Crippen molar-refractivity contribution in [1.29, 1.82) is 0 Å². The number of Topliss-reactive ketones (excluding diaryl/α,β-unsaturated/α-hetero) is 4. The fraction of sp³-hybridized carbons (Fsp3) is 0.457. The standard InChI is InChI=1S/C35H40N2O7/c1-6-17(2)13-18(3)14-19-7-9-20(10-8-19)22-11-12-25(38)27-23(22)15-21-16-24-29(37(4)5)31(40)28(34(36)43)33(42)35(24,44)32(41)26(21)30(27)39/h7-12,17,21,24,26,28-29,38,44H,3,6,13-16H2,1-2,4-5H3,(H2,36,43). The van der Waals surface area contributed by atoms with Crippen LogP contribution in [0.15, 0.2) is 48.6 Å². The number of primary amides is 1. The van der Waals surface area contributed by atoms with Crippen LogP contribution in [0.25, 0.3) is 11.1 Å². The predicted molar refractivity (Wildman–Crippen MR) is 164 cm³/mol. The van der Waals surface area contributed by atoms with Crippen molar-refractivity contribution in [2.45, 2.75) is 57.6 Å². The summed E-state index contributed by atoms with van der Waals surface area (Å²) in [5.41, 5.74) is 7.04. The van der Waals surface area contributed by atoms with Crippen LogP contribution in [-0.4, -0.2) is 69.9 Å². The van der Waals surface area contributed by atoms with Crippen LogP contribution in [-0.2, 0) is 32.0 Å². The molecule has 0 radical (unpaired) electrons. The number of aliphatic hydroxyl groups is 1. The molecule has 4 N–H and O–H groups in total. The number of phenols is 1. The molecule has 0 aromatic heterocycles. The number of likely N-dealkylation sites (N-methyl/N-ethyl adjacent to an activating group) is 1. The van der Waals surface area contributed by atoms with Crippen molar-refractivity contribution >= 4 is 29.0 Å². The Labute approximate surface area is 257 Å². The topological polar surface area (TPSA) is 155 Å². The van der Waals surface area contributed by atoms with Gasteiger partial charge in [-0.05, 0) is 79.9 Å². The van der Waals surface area contributed by atoms with Crippen molar-refractivity contribution in [1.82, 2.24) is 4.90 Å². The molecule has 0 saturated heterocycles. The maximum Gasteiger partial charge on any atom is 0.235 e. The van der Waals surface area contributed by atoms with Crippen LogP contribution in [0.5, 0.6) is 5.75 Å². The average molecular weight is 601 g/mol. The van der Waals surface area contributed by atoms with Gasteiger partial charge >= 0.3 is 0 Å². The third-order valence-electron chi connectivity index (χ3n) is 10.00. The fourth-order valence-electron chi connectivity index (χ4n) is 7.68. The predicted octanol–water partition coefficient (Wildman–Crippen LogP) is 3.07. The molecule has 9 heteroatoms. The fourth-order valence-corrected chi connectivity index (χ4v) is 7.68. The van der Waals surface area contributed by atoms with Gasteiger partial charge in [0, 0.05) is 5.92 Å². The smallest absolute Gasteiger partial charge is 0.235 e. The Hall–Kier alpha value is -3.95. The number of rotatable bonds is 8. The van der Waals surface area contributed by atoms with Crippen molar-refractivity contribution < 1.29 is 34.2 Å². The number of amides is 1. The van der Waals surface area contributed by atoms with E-state index < -0.39 is 64.4 Å². The lowest BCUT2D eigenvalue weighted by Crippen LogP contribution is -2.74. The minimum atomic E-state index is -2.74. The summed E-state index contributed by atoms with van der Waals surface area (Å²) in [7, 11) is 3.13. The number of carbonyl (C=O) groups is 5. The van der Waals surface area contributed by atoms with Crippen LogP contribution in [0, 0.1) is 29.6 Å². The van der Waals surface area contributed by atoms with Crippen molar-refractivity contribution in [3.8, 4) is 16.9 Å². The highest BCUT2D eigenvalue weighted by atomic mass is 16.3. The van der Waals surface area contributed by atoms with Crippen LogP contribution < -0.4 is 5.73 Å². The number of nitrogens with zero attached hydrogens (tertiary/aromatic N) is 1. The average Bonchev–Trinajstić information content (AvgIpc) is 2.95. The molecule has 1 amide bonds. The summed E-state index contributed by atoms with van der Waals surface area (Å²) in [5.74, 6) is -9.96. The SMILES string of the molecule is C=C(Cc1ccc(-c2ccc(O)c3c2CC2CC4C(N(C)C)C(=O)C(C(N)=O)C(=O)C4(O)C(=O)C2C3=O)cc1)CC(C)CC. The summed E-state index contributed by atoms with van der Waals surface area (Å²) in [6, 6.07) is 9.98. The maximum atomic E-state index is 14.0. The first-order valence-corrected chi connectivity index (χ1v) is 15.2. The van der Waals surface area contributed by atoms with Crippen LogP contribution in [0.2, 0.25) is 0 Å². The molecule has 232 valence electrons. The molecule has 2 aromatic carbocycles. The minimum Gasteiger partial charge on any atom is -0.507 e. The van der Waals surface area contributed by atoms with E-state index in [-0.39, 0.29) is 24.2 Å². The second-order valence-corrected chi connectivity index (χ2v) is 13.1. The van der Waals surface area contributed by atoms with Gasteiger partial charge in [-0.15, -0.1) is 0 Å². The molecule has 0 spiro atoms. The molecule has 7 atom stereocenters. The van der Waals surface area contributed by atoms with Gasteiger partial charge in [0.25, 0.3) is 0 Å². The Morgan fingerprint density at radius 1 is 1.09 bits per heavy atom. The van der Waals surface area contributed by atoms with Gasteiger partial charge in [0.05, 0.1) is 17.5 Å². The number of ketones is 4.